The SMILES string of the molecule is O=C(O)[C@H](Cc1c[nH]c2ccccc12)N=Cc1cc2ccccc2c(-c2c(O)ccc3ccccc23)c1O. The number of H-pyrrole nitrogens is 1. The molecule has 0 aliphatic carbocycles. The van der Waals surface area contributed by atoms with Gasteiger partial charge in [-0.1, -0.05) is 72.8 Å². The molecule has 5 aromatic carbocycles. The molecule has 6 rings (SSSR count). The lowest BCUT2D eigenvalue weighted by atomic mass is 9.90. The molecule has 6 aromatic rings. The molecule has 0 spiro atoms. The van der Waals surface area contributed by atoms with Gasteiger partial charge in [0.25, 0.3) is 0 Å². The molecule has 0 unspecified atom stereocenters. The summed E-state index contributed by atoms with van der Waals surface area (Å²) in [4.78, 5) is 19.7. The highest BCUT2D eigenvalue weighted by atomic mass is 16.4. The van der Waals surface area contributed by atoms with Crippen LogP contribution in [0.4, 0.5) is 0 Å². The second kappa shape index (κ2) is 9.41. The molecule has 186 valence electrons. The predicted octanol–water partition coefficient (Wildman–Crippen LogP) is 6.67. The number of rotatable bonds is 6. The molecule has 1 aromatic heterocycles. The summed E-state index contributed by atoms with van der Waals surface area (Å²) in [5, 5.41) is 36.7. The van der Waals surface area contributed by atoms with Crippen LogP contribution in [0.15, 0.2) is 102 Å². The van der Waals surface area contributed by atoms with E-state index in [1.54, 1.807) is 12.1 Å². The van der Waals surface area contributed by atoms with Crippen molar-refractivity contribution in [2.75, 3.05) is 0 Å². The molecule has 0 bridgehead atoms. The van der Waals surface area contributed by atoms with Crippen molar-refractivity contribution in [1.82, 2.24) is 4.98 Å². The van der Waals surface area contributed by atoms with Gasteiger partial charge in [-0.2, -0.15) is 0 Å². The van der Waals surface area contributed by atoms with E-state index in [1.165, 1.54) is 6.21 Å². The van der Waals surface area contributed by atoms with Gasteiger partial charge < -0.3 is 20.3 Å². The van der Waals surface area contributed by atoms with Crippen LogP contribution >= 0.6 is 0 Å². The summed E-state index contributed by atoms with van der Waals surface area (Å²) in [6, 6.07) is 27.1. The van der Waals surface area contributed by atoms with E-state index in [0.717, 1.165) is 38.0 Å². The van der Waals surface area contributed by atoms with E-state index in [1.807, 2.05) is 85.1 Å². The van der Waals surface area contributed by atoms with Crippen molar-refractivity contribution in [1.29, 1.82) is 0 Å². The number of hydrogen-bond donors (Lipinski definition) is 4. The lowest BCUT2D eigenvalue weighted by molar-refractivity contribution is -0.138. The summed E-state index contributed by atoms with van der Waals surface area (Å²) in [5.74, 6) is -1.09. The Kier molecular flexibility index (Phi) is 5.77. The van der Waals surface area contributed by atoms with Crippen molar-refractivity contribution in [3.8, 4) is 22.6 Å². The first-order valence-corrected chi connectivity index (χ1v) is 12.3. The molecule has 1 atom stereocenters. The van der Waals surface area contributed by atoms with Crippen LogP contribution in [-0.4, -0.2) is 38.5 Å². The number of hydrogen-bond acceptors (Lipinski definition) is 4. The summed E-state index contributed by atoms with van der Waals surface area (Å²) in [7, 11) is 0. The van der Waals surface area contributed by atoms with Crippen molar-refractivity contribution in [2.24, 2.45) is 4.99 Å². The van der Waals surface area contributed by atoms with E-state index in [0.29, 0.717) is 16.7 Å². The minimum atomic E-state index is -1.06. The summed E-state index contributed by atoms with van der Waals surface area (Å²) in [6.07, 6.45) is 3.42. The molecule has 0 amide bonds. The van der Waals surface area contributed by atoms with Gasteiger partial charge >= 0.3 is 5.97 Å². The van der Waals surface area contributed by atoms with Crippen molar-refractivity contribution in [3.63, 3.8) is 0 Å². The number of benzene rings is 5. The Bertz CT molecular complexity index is 1870. The number of para-hydroxylation sites is 1. The Morgan fingerprint density at radius 1 is 0.816 bits per heavy atom. The second-order valence-corrected chi connectivity index (χ2v) is 9.29. The number of carbonyl (C=O) groups is 1. The molecular weight excluding hydrogens is 476 g/mol. The molecule has 6 nitrogen and oxygen atoms in total. The van der Waals surface area contributed by atoms with Crippen LogP contribution in [0.3, 0.4) is 0 Å². The average molecular weight is 501 g/mol. The standard InChI is InChI=1S/C32H24N2O4/c35-28-14-13-19-7-1-3-10-24(19)29(28)30-25-11-4-2-8-20(25)15-22(31(30)36)18-34-27(32(37)38)16-21-17-33-26-12-6-5-9-23(21)26/h1-15,17-18,27,33,35-36H,16H2,(H,37,38)/t27-/m0/s1. The molecule has 38 heavy (non-hydrogen) atoms. The van der Waals surface area contributed by atoms with E-state index >= 15 is 0 Å². The van der Waals surface area contributed by atoms with E-state index < -0.39 is 12.0 Å². The summed E-state index contributed by atoms with van der Waals surface area (Å²) >= 11 is 0. The number of nitrogens with one attached hydrogen (secondary N) is 1. The second-order valence-electron chi connectivity index (χ2n) is 9.29. The number of carboxylic acid groups (broad SMARTS) is 1. The zero-order chi connectivity index (χ0) is 26.2. The number of phenolic OH excluding ortho intramolecular Hbond substituents is 2. The molecule has 0 radical (unpaired) electrons. The monoisotopic (exact) mass is 500 g/mol. The first-order valence-electron chi connectivity index (χ1n) is 12.3. The van der Waals surface area contributed by atoms with Gasteiger partial charge in [-0.25, -0.2) is 4.79 Å². The fraction of sp³-hybridized carbons (Fsp3) is 0.0625. The summed E-state index contributed by atoms with van der Waals surface area (Å²) < 4.78 is 0. The highest BCUT2D eigenvalue weighted by Crippen LogP contribution is 2.45. The molecule has 0 aliphatic rings. The fourth-order valence-corrected chi connectivity index (χ4v) is 5.12. The minimum Gasteiger partial charge on any atom is -0.507 e. The number of aromatic nitrogens is 1. The number of phenols is 2. The maximum atomic E-state index is 12.1. The quantitative estimate of drug-likeness (QED) is 0.192. The van der Waals surface area contributed by atoms with Crippen molar-refractivity contribution in [2.45, 2.75) is 12.5 Å². The number of aliphatic carboxylic acids is 1. The van der Waals surface area contributed by atoms with Gasteiger partial charge in [0, 0.05) is 46.4 Å². The van der Waals surface area contributed by atoms with Gasteiger partial charge in [0.1, 0.15) is 11.5 Å². The number of aliphatic imine (C=N–C) groups is 1. The minimum absolute atomic E-state index is 0.0426. The van der Waals surface area contributed by atoms with Crippen LogP contribution in [0.1, 0.15) is 11.1 Å². The van der Waals surface area contributed by atoms with Crippen LogP contribution in [0.2, 0.25) is 0 Å². The van der Waals surface area contributed by atoms with E-state index in [-0.39, 0.29) is 17.9 Å². The Morgan fingerprint density at radius 2 is 1.47 bits per heavy atom. The van der Waals surface area contributed by atoms with Gasteiger partial charge in [0.05, 0.1) is 0 Å². The largest absolute Gasteiger partial charge is 0.507 e. The topological polar surface area (TPSA) is 106 Å². The smallest absolute Gasteiger partial charge is 0.328 e. The van der Waals surface area contributed by atoms with Crippen LogP contribution in [-0.2, 0) is 11.2 Å². The number of aromatic amines is 1. The van der Waals surface area contributed by atoms with Crippen molar-refractivity contribution >= 4 is 44.6 Å². The molecule has 4 N–H and O–H groups in total. The van der Waals surface area contributed by atoms with Crippen LogP contribution in [0, 0.1) is 0 Å². The van der Waals surface area contributed by atoms with Gasteiger partial charge in [-0.05, 0) is 45.3 Å². The number of nitrogens with zero attached hydrogens (tertiary/aromatic N) is 1. The first-order chi connectivity index (χ1) is 18.5. The van der Waals surface area contributed by atoms with Crippen LogP contribution in [0.5, 0.6) is 11.5 Å². The van der Waals surface area contributed by atoms with Gasteiger partial charge in [0.15, 0.2) is 6.04 Å². The van der Waals surface area contributed by atoms with E-state index in [4.69, 9.17) is 0 Å². The third-order valence-corrected chi connectivity index (χ3v) is 6.98. The highest BCUT2D eigenvalue weighted by Gasteiger charge is 2.21. The summed E-state index contributed by atoms with van der Waals surface area (Å²) in [5.41, 5.74) is 3.15. The zero-order valence-electron chi connectivity index (χ0n) is 20.3. The molecule has 0 aliphatic heterocycles. The molecule has 0 saturated carbocycles. The third kappa shape index (κ3) is 4.02. The number of carboxylic acids is 1. The molecular formula is C32H24N2O4. The lowest BCUT2D eigenvalue weighted by Crippen LogP contribution is -2.20. The molecule has 0 fully saturated rings. The number of fused-ring (bicyclic) bond motifs is 3. The third-order valence-electron chi connectivity index (χ3n) is 6.98. The maximum absolute atomic E-state index is 12.1. The Labute approximate surface area is 218 Å². The van der Waals surface area contributed by atoms with E-state index in [2.05, 4.69) is 9.98 Å². The average Bonchev–Trinajstić information content (AvgIpc) is 3.34. The predicted molar refractivity (Wildman–Crippen MR) is 151 cm³/mol. The number of aromatic hydroxyl groups is 2. The Balaban J connectivity index is 1.48. The van der Waals surface area contributed by atoms with Crippen molar-refractivity contribution < 1.29 is 20.1 Å². The molecule has 1 heterocycles. The van der Waals surface area contributed by atoms with Crippen LogP contribution in [0.25, 0.3) is 43.6 Å². The van der Waals surface area contributed by atoms with Gasteiger partial charge in [0.2, 0.25) is 0 Å². The molecule has 6 heteroatoms. The Morgan fingerprint density at radius 3 is 2.24 bits per heavy atom. The zero-order valence-corrected chi connectivity index (χ0v) is 20.3. The first kappa shape index (κ1) is 23.3. The van der Waals surface area contributed by atoms with Crippen LogP contribution < -0.4 is 0 Å². The Hall–Kier alpha value is -5.10. The maximum Gasteiger partial charge on any atom is 0.328 e. The lowest BCUT2D eigenvalue weighted by Gasteiger charge is -2.16. The van der Waals surface area contributed by atoms with Gasteiger partial charge in [-0.3, -0.25) is 4.99 Å². The molecule has 0 saturated heterocycles. The van der Waals surface area contributed by atoms with Gasteiger partial charge in [-0.15, -0.1) is 0 Å². The fourth-order valence-electron chi connectivity index (χ4n) is 5.12. The van der Waals surface area contributed by atoms with Crippen molar-refractivity contribution in [3.05, 3.63) is 108 Å². The highest BCUT2D eigenvalue weighted by molar-refractivity contribution is 6.12. The summed E-state index contributed by atoms with van der Waals surface area (Å²) in [6.45, 7) is 0. The normalized spacial score (nSPS) is 12.5. The van der Waals surface area contributed by atoms with E-state index in [9.17, 15) is 20.1 Å².